The molecule has 0 unspecified atom stereocenters. The first kappa shape index (κ1) is 24.0. The highest BCUT2D eigenvalue weighted by Crippen LogP contribution is 2.19. The quantitative estimate of drug-likeness (QED) is 0.291. The number of furan rings is 1. The minimum Gasteiger partial charge on any atom is -0.493 e. The monoisotopic (exact) mass is 465 g/mol. The van der Waals surface area contributed by atoms with Gasteiger partial charge in [-0.1, -0.05) is 44.0 Å². The zero-order chi connectivity index (χ0) is 23.5. The second-order valence-corrected chi connectivity index (χ2v) is 7.68. The molecule has 2 aromatic carbocycles. The predicted octanol–water partition coefficient (Wildman–Crippen LogP) is 4.91. The number of hydrogen-bond donors (Lipinski definition) is 3. The number of hydrogen-bond acceptors (Lipinski definition) is 5. The molecule has 1 heterocycles. The van der Waals surface area contributed by atoms with Crippen LogP contribution >= 0.6 is 12.2 Å². The number of anilines is 1. The Labute approximate surface area is 198 Å². The normalized spacial score (nSPS) is 10.3. The molecule has 0 spiro atoms. The molecule has 0 aliphatic heterocycles. The van der Waals surface area contributed by atoms with Crippen LogP contribution in [-0.2, 0) is 6.54 Å². The molecule has 33 heavy (non-hydrogen) atoms. The summed E-state index contributed by atoms with van der Waals surface area (Å²) in [6, 6.07) is 17.5. The number of rotatable bonds is 10. The number of unbranched alkanes of at least 4 members (excludes halogenated alkanes) is 2. The van der Waals surface area contributed by atoms with Crippen LogP contribution in [0.15, 0.2) is 71.3 Å². The molecule has 8 heteroatoms. The fourth-order valence-electron chi connectivity index (χ4n) is 3.10. The van der Waals surface area contributed by atoms with Crippen LogP contribution in [-0.4, -0.2) is 23.5 Å². The zero-order valence-corrected chi connectivity index (χ0v) is 19.2. The van der Waals surface area contributed by atoms with Gasteiger partial charge in [0.05, 0.1) is 36.2 Å². The molecule has 0 atom stereocenters. The molecular formula is C25H27N3O4S. The Balaban J connectivity index is 1.61. The van der Waals surface area contributed by atoms with Crippen LogP contribution in [0.1, 0.15) is 52.7 Å². The number of carbonyl (C=O) groups is 2. The van der Waals surface area contributed by atoms with E-state index in [-0.39, 0.29) is 17.6 Å². The highest BCUT2D eigenvalue weighted by Gasteiger charge is 2.16. The van der Waals surface area contributed by atoms with E-state index in [4.69, 9.17) is 21.4 Å². The molecule has 172 valence electrons. The molecule has 3 rings (SSSR count). The molecular weight excluding hydrogens is 438 g/mol. The lowest BCUT2D eigenvalue weighted by molar-refractivity contribution is 0.0947. The first-order chi connectivity index (χ1) is 16.1. The Morgan fingerprint density at radius 1 is 0.939 bits per heavy atom. The molecule has 1 aromatic heterocycles. The van der Waals surface area contributed by atoms with E-state index in [2.05, 4.69) is 22.9 Å². The van der Waals surface area contributed by atoms with Crippen molar-refractivity contribution < 1.29 is 18.7 Å². The van der Waals surface area contributed by atoms with Gasteiger partial charge in [0.2, 0.25) is 0 Å². The van der Waals surface area contributed by atoms with Crippen LogP contribution in [0.5, 0.6) is 5.75 Å². The van der Waals surface area contributed by atoms with E-state index in [1.54, 1.807) is 60.9 Å². The number of nitrogens with one attached hydrogen (secondary N) is 3. The standard InChI is InChI=1S/C25H27N3O4S/c1-2-3-8-15-32-22-14-7-5-12-20(22)24(30)28-25(33)27-21-13-6-4-11-19(21)23(29)26-17-18-10-9-16-31-18/h4-7,9-14,16H,2-3,8,15,17H2,1H3,(H,26,29)(H2,27,28,30,33). The van der Waals surface area contributed by atoms with Crippen molar-refractivity contribution in [1.29, 1.82) is 0 Å². The van der Waals surface area contributed by atoms with Gasteiger partial charge in [0.25, 0.3) is 11.8 Å². The Kier molecular flexibility index (Phi) is 9.02. The Morgan fingerprint density at radius 2 is 1.70 bits per heavy atom. The smallest absolute Gasteiger partial charge is 0.261 e. The van der Waals surface area contributed by atoms with Crippen molar-refractivity contribution >= 4 is 34.8 Å². The van der Waals surface area contributed by atoms with Gasteiger partial charge in [-0.3, -0.25) is 14.9 Å². The van der Waals surface area contributed by atoms with E-state index in [0.29, 0.717) is 34.9 Å². The van der Waals surface area contributed by atoms with E-state index in [0.717, 1.165) is 19.3 Å². The zero-order valence-electron chi connectivity index (χ0n) is 18.4. The number of thiocarbonyl (C=S) groups is 1. The van der Waals surface area contributed by atoms with Crippen molar-refractivity contribution in [2.45, 2.75) is 32.7 Å². The van der Waals surface area contributed by atoms with Gasteiger partial charge in [-0.2, -0.15) is 0 Å². The van der Waals surface area contributed by atoms with Crippen molar-refractivity contribution in [3.05, 3.63) is 83.8 Å². The van der Waals surface area contributed by atoms with E-state index >= 15 is 0 Å². The van der Waals surface area contributed by atoms with E-state index in [1.165, 1.54) is 0 Å². The average Bonchev–Trinajstić information content (AvgIpc) is 3.34. The number of carbonyl (C=O) groups excluding carboxylic acids is 2. The molecule has 0 radical (unpaired) electrons. The van der Waals surface area contributed by atoms with Gasteiger partial charge in [0.15, 0.2) is 5.11 Å². The topological polar surface area (TPSA) is 92.6 Å². The lowest BCUT2D eigenvalue weighted by atomic mass is 10.1. The van der Waals surface area contributed by atoms with Gasteiger partial charge < -0.3 is 19.8 Å². The van der Waals surface area contributed by atoms with Crippen molar-refractivity contribution in [2.75, 3.05) is 11.9 Å². The summed E-state index contributed by atoms with van der Waals surface area (Å²) in [6.07, 6.45) is 4.63. The molecule has 7 nitrogen and oxygen atoms in total. The second-order valence-electron chi connectivity index (χ2n) is 7.27. The molecule has 0 fully saturated rings. The molecule has 0 aliphatic carbocycles. The highest BCUT2D eigenvalue weighted by atomic mass is 32.1. The van der Waals surface area contributed by atoms with Crippen molar-refractivity contribution in [3.63, 3.8) is 0 Å². The van der Waals surface area contributed by atoms with Crippen LogP contribution in [0.2, 0.25) is 0 Å². The summed E-state index contributed by atoms with van der Waals surface area (Å²) in [4.78, 5) is 25.4. The van der Waals surface area contributed by atoms with Crippen LogP contribution in [0.25, 0.3) is 0 Å². The molecule has 0 saturated carbocycles. The first-order valence-corrected chi connectivity index (χ1v) is 11.2. The summed E-state index contributed by atoms with van der Waals surface area (Å²) < 4.78 is 11.0. The van der Waals surface area contributed by atoms with Crippen LogP contribution < -0.4 is 20.7 Å². The van der Waals surface area contributed by atoms with E-state index < -0.39 is 5.91 Å². The van der Waals surface area contributed by atoms with Crippen molar-refractivity contribution in [3.8, 4) is 5.75 Å². The summed E-state index contributed by atoms with van der Waals surface area (Å²) >= 11 is 5.32. The number of amides is 2. The Hall–Kier alpha value is -3.65. The number of para-hydroxylation sites is 2. The number of benzene rings is 2. The van der Waals surface area contributed by atoms with Gasteiger partial charge >= 0.3 is 0 Å². The maximum atomic E-state index is 12.8. The summed E-state index contributed by atoms with van der Waals surface area (Å²) in [5.41, 5.74) is 1.26. The average molecular weight is 466 g/mol. The Morgan fingerprint density at radius 3 is 2.45 bits per heavy atom. The number of ether oxygens (including phenoxy) is 1. The summed E-state index contributed by atoms with van der Waals surface area (Å²) in [6.45, 7) is 2.92. The van der Waals surface area contributed by atoms with Gasteiger partial charge in [0, 0.05) is 0 Å². The molecule has 3 aromatic rings. The van der Waals surface area contributed by atoms with Gasteiger partial charge in [0.1, 0.15) is 11.5 Å². The molecule has 3 N–H and O–H groups in total. The Bertz CT molecular complexity index is 1080. The minimum absolute atomic E-state index is 0.0760. The van der Waals surface area contributed by atoms with Gasteiger partial charge in [-0.25, -0.2) is 0 Å². The van der Waals surface area contributed by atoms with Crippen LogP contribution in [0, 0.1) is 0 Å². The maximum Gasteiger partial charge on any atom is 0.261 e. The second kappa shape index (κ2) is 12.4. The first-order valence-electron chi connectivity index (χ1n) is 10.8. The third kappa shape index (κ3) is 7.18. The van der Waals surface area contributed by atoms with Crippen LogP contribution in [0.4, 0.5) is 5.69 Å². The highest BCUT2D eigenvalue weighted by molar-refractivity contribution is 7.80. The minimum atomic E-state index is -0.390. The summed E-state index contributed by atoms with van der Waals surface area (Å²) in [5.74, 6) is 0.464. The predicted molar refractivity (Wildman–Crippen MR) is 131 cm³/mol. The third-order valence-corrected chi connectivity index (χ3v) is 4.99. The molecule has 0 saturated heterocycles. The molecule has 0 bridgehead atoms. The maximum absolute atomic E-state index is 12.8. The fraction of sp³-hybridized carbons (Fsp3) is 0.240. The fourth-order valence-corrected chi connectivity index (χ4v) is 3.31. The summed E-state index contributed by atoms with van der Waals surface area (Å²) in [5, 5.41) is 8.47. The van der Waals surface area contributed by atoms with Gasteiger partial charge in [-0.05, 0) is 55.0 Å². The third-order valence-electron chi connectivity index (χ3n) is 4.79. The van der Waals surface area contributed by atoms with Crippen molar-refractivity contribution in [2.24, 2.45) is 0 Å². The lowest BCUT2D eigenvalue weighted by Gasteiger charge is -2.15. The van der Waals surface area contributed by atoms with Gasteiger partial charge in [-0.15, -0.1) is 0 Å². The van der Waals surface area contributed by atoms with E-state index in [1.807, 2.05) is 6.07 Å². The SMILES string of the molecule is CCCCCOc1ccccc1C(=O)NC(=S)Nc1ccccc1C(=O)NCc1ccco1. The lowest BCUT2D eigenvalue weighted by Crippen LogP contribution is -2.35. The van der Waals surface area contributed by atoms with Crippen LogP contribution in [0.3, 0.4) is 0 Å². The van der Waals surface area contributed by atoms with Crippen molar-refractivity contribution in [1.82, 2.24) is 10.6 Å². The molecule has 2 amide bonds. The largest absolute Gasteiger partial charge is 0.493 e. The summed E-state index contributed by atoms with van der Waals surface area (Å²) in [7, 11) is 0. The van der Waals surface area contributed by atoms with E-state index in [9.17, 15) is 9.59 Å². The molecule has 0 aliphatic rings.